The van der Waals surface area contributed by atoms with Crippen LogP contribution in [0.3, 0.4) is 0 Å². The lowest BCUT2D eigenvalue weighted by Gasteiger charge is -2.30. The molecule has 0 amide bonds. The predicted molar refractivity (Wildman–Crippen MR) is 135 cm³/mol. The molecular formula is C26H34N4OS. The number of rotatable bonds is 5. The predicted octanol–water partition coefficient (Wildman–Crippen LogP) is 6.14. The Morgan fingerprint density at radius 3 is 2.53 bits per heavy atom. The van der Waals surface area contributed by atoms with Crippen LogP contribution in [0.2, 0.25) is 0 Å². The van der Waals surface area contributed by atoms with E-state index in [1.807, 2.05) is 37.3 Å². The fourth-order valence-electron chi connectivity index (χ4n) is 4.78. The van der Waals surface area contributed by atoms with Gasteiger partial charge in [0.1, 0.15) is 4.99 Å². The van der Waals surface area contributed by atoms with E-state index in [1.54, 1.807) is 13.8 Å². The zero-order valence-corrected chi connectivity index (χ0v) is 20.5. The zero-order valence-electron chi connectivity index (χ0n) is 19.7. The van der Waals surface area contributed by atoms with Crippen LogP contribution >= 0.6 is 12.2 Å². The van der Waals surface area contributed by atoms with E-state index < -0.39 is 5.60 Å². The first-order valence-corrected chi connectivity index (χ1v) is 12.0. The van der Waals surface area contributed by atoms with Crippen molar-refractivity contribution in [2.75, 3.05) is 5.32 Å². The molecule has 0 unspecified atom stereocenters. The molecule has 0 aliphatic heterocycles. The number of anilines is 1. The topological polar surface area (TPSA) is 63.0 Å². The molecule has 32 heavy (non-hydrogen) atoms. The molecular weight excluding hydrogens is 416 g/mol. The van der Waals surface area contributed by atoms with Crippen molar-refractivity contribution >= 4 is 33.8 Å². The summed E-state index contributed by atoms with van der Waals surface area (Å²) in [6.07, 6.45) is 7.01. The number of pyridine rings is 1. The second-order valence-corrected chi connectivity index (χ2v) is 10.5. The lowest BCUT2D eigenvalue weighted by atomic mass is 9.80. The summed E-state index contributed by atoms with van der Waals surface area (Å²) in [5, 5.41) is 20.1. The molecule has 0 spiro atoms. The number of aliphatic hydroxyl groups is 1. The maximum Gasteiger partial charge on any atom is 0.129 e. The van der Waals surface area contributed by atoms with Crippen LogP contribution in [0, 0.1) is 18.8 Å². The Morgan fingerprint density at radius 2 is 1.91 bits per heavy atom. The molecule has 0 radical (unpaired) electrons. The van der Waals surface area contributed by atoms with Crippen LogP contribution in [0.5, 0.6) is 0 Å². The van der Waals surface area contributed by atoms with E-state index in [4.69, 9.17) is 17.3 Å². The molecule has 1 aliphatic rings. The molecule has 5 nitrogen and oxygen atoms in total. The summed E-state index contributed by atoms with van der Waals surface area (Å²) >= 11 is 5.63. The summed E-state index contributed by atoms with van der Waals surface area (Å²) in [6, 6.07) is 10.3. The van der Waals surface area contributed by atoms with Crippen molar-refractivity contribution in [1.29, 1.82) is 0 Å². The number of fused-ring (bicyclic) bond motifs is 1. The molecule has 0 bridgehead atoms. The van der Waals surface area contributed by atoms with Crippen LogP contribution in [0.25, 0.3) is 10.9 Å². The van der Waals surface area contributed by atoms with Crippen molar-refractivity contribution in [1.82, 2.24) is 14.8 Å². The molecule has 1 aromatic carbocycles. The first-order valence-electron chi connectivity index (χ1n) is 11.6. The van der Waals surface area contributed by atoms with Crippen LogP contribution < -0.4 is 5.32 Å². The smallest absolute Gasteiger partial charge is 0.129 e. The quantitative estimate of drug-likeness (QED) is 0.457. The van der Waals surface area contributed by atoms with Gasteiger partial charge in [0, 0.05) is 28.5 Å². The van der Waals surface area contributed by atoms with Crippen LogP contribution in [0.4, 0.5) is 5.69 Å². The van der Waals surface area contributed by atoms with Gasteiger partial charge in [-0.05, 0) is 82.6 Å². The molecule has 2 aromatic heterocycles. The minimum Gasteiger partial charge on any atom is -0.386 e. The maximum atomic E-state index is 10.9. The molecule has 1 fully saturated rings. The van der Waals surface area contributed by atoms with E-state index in [9.17, 15) is 5.11 Å². The van der Waals surface area contributed by atoms with E-state index in [0.717, 1.165) is 45.4 Å². The highest BCUT2D eigenvalue weighted by Crippen LogP contribution is 2.37. The highest BCUT2D eigenvalue weighted by atomic mass is 32.1. The summed E-state index contributed by atoms with van der Waals surface area (Å²) in [6.45, 7) is 10.2. The Hall–Kier alpha value is -2.31. The van der Waals surface area contributed by atoms with Gasteiger partial charge in [-0.3, -0.25) is 9.67 Å². The van der Waals surface area contributed by atoms with Crippen LogP contribution in [-0.2, 0) is 5.60 Å². The average molecular weight is 451 g/mol. The van der Waals surface area contributed by atoms with Crippen molar-refractivity contribution < 1.29 is 5.11 Å². The standard InChI is InChI=1S/C26H34N4OS/c1-16(2)18-9-11-20(12-10-18)30-15-19-13-24(21(26(4,5)31)14-23(19)29-30)28-25(32)22-8-6-7-17(3)27-22/h6-8,13-16,18,20,31H,9-12H2,1-5H3,(H,28,32). The Balaban J connectivity index is 1.64. The summed E-state index contributed by atoms with van der Waals surface area (Å²) in [4.78, 5) is 5.06. The molecule has 1 aliphatic carbocycles. The number of thiocarbonyl (C=S) groups is 1. The second kappa shape index (κ2) is 8.91. The van der Waals surface area contributed by atoms with Gasteiger partial charge in [-0.2, -0.15) is 5.10 Å². The van der Waals surface area contributed by atoms with Gasteiger partial charge in [-0.1, -0.05) is 32.1 Å². The SMILES string of the molecule is Cc1cccc(C(=S)Nc2cc3cn(C4CCC(C(C)C)CC4)nc3cc2C(C)(C)O)n1. The van der Waals surface area contributed by atoms with Gasteiger partial charge in [0.05, 0.1) is 22.9 Å². The van der Waals surface area contributed by atoms with E-state index in [0.29, 0.717) is 11.0 Å². The number of aryl methyl sites for hydroxylation is 1. The van der Waals surface area contributed by atoms with Gasteiger partial charge in [0.2, 0.25) is 0 Å². The number of nitrogens with zero attached hydrogens (tertiary/aromatic N) is 3. The van der Waals surface area contributed by atoms with E-state index in [1.165, 1.54) is 25.7 Å². The number of nitrogens with one attached hydrogen (secondary N) is 1. The Labute approximate surface area is 196 Å². The van der Waals surface area contributed by atoms with Crippen molar-refractivity contribution in [3.63, 3.8) is 0 Å². The minimum atomic E-state index is -1.04. The molecule has 0 atom stereocenters. The molecule has 2 N–H and O–H groups in total. The third-order valence-corrected chi connectivity index (χ3v) is 7.06. The first-order chi connectivity index (χ1) is 15.1. The number of hydrogen-bond donors (Lipinski definition) is 2. The minimum absolute atomic E-state index is 0.442. The summed E-state index contributed by atoms with van der Waals surface area (Å²) < 4.78 is 2.14. The van der Waals surface area contributed by atoms with Gasteiger partial charge < -0.3 is 10.4 Å². The second-order valence-electron chi connectivity index (χ2n) is 10.1. The number of benzene rings is 1. The normalized spacial score (nSPS) is 19.5. The highest BCUT2D eigenvalue weighted by molar-refractivity contribution is 7.81. The van der Waals surface area contributed by atoms with Crippen molar-refractivity contribution in [2.45, 2.75) is 71.9 Å². The molecule has 6 heteroatoms. The average Bonchev–Trinajstić information content (AvgIpc) is 3.15. The fraction of sp³-hybridized carbons (Fsp3) is 0.500. The molecule has 4 rings (SSSR count). The van der Waals surface area contributed by atoms with Crippen molar-refractivity contribution in [3.8, 4) is 0 Å². The lowest BCUT2D eigenvalue weighted by molar-refractivity contribution is 0.0795. The molecule has 3 aromatic rings. The van der Waals surface area contributed by atoms with Gasteiger partial charge in [-0.15, -0.1) is 0 Å². The van der Waals surface area contributed by atoms with E-state index in [-0.39, 0.29) is 0 Å². The highest BCUT2D eigenvalue weighted by Gasteiger charge is 2.26. The monoisotopic (exact) mass is 450 g/mol. The maximum absolute atomic E-state index is 10.9. The van der Waals surface area contributed by atoms with Crippen LogP contribution in [-0.4, -0.2) is 24.9 Å². The van der Waals surface area contributed by atoms with Crippen LogP contribution in [0.15, 0.2) is 36.5 Å². The van der Waals surface area contributed by atoms with Gasteiger partial charge >= 0.3 is 0 Å². The fourth-order valence-corrected chi connectivity index (χ4v) is 5.00. The number of aromatic nitrogens is 3. The summed E-state index contributed by atoms with van der Waals surface area (Å²) in [5.74, 6) is 1.58. The number of hydrogen-bond acceptors (Lipinski definition) is 4. The van der Waals surface area contributed by atoms with E-state index >= 15 is 0 Å². The molecule has 170 valence electrons. The van der Waals surface area contributed by atoms with E-state index in [2.05, 4.69) is 35.0 Å². The first kappa shape index (κ1) is 22.9. The van der Waals surface area contributed by atoms with Crippen molar-refractivity contribution in [3.05, 3.63) is 53.5 Å². The van der Waals surface area contributed by atoms with Crippen LogP contribution in [0.1, 0.15) is 76.4 Å². The third kappa shape index (κ3) is 4.86. The largest absolute Gasteiger partial charge is 0.386 e. The zero-order chi connectivity index (χ0) is 23.0. The third-order valence-electron chi connectivity index (χ3n) is 6.75. The van der Waals surface area contributed by atoms with Crippen molar-refractivity contribution in [2.24, 2.45) is 11.8 Å². The molecule has 2 heterocycles. The van der Waals surface area contributed by atoms with Gasteiger partial charge in [-0.25, -0.2) is 0 Å². The Bertz CT molecular complexity index is 1120. The lowest BCUT2D eigenvalue weighted by Crippen LogP contribution is -2.21. The Kier molecular flexibility index (Phi) is 6.37. The molecule has 1 saturated carbocycles. The molecule has 0 saturated heterocycles. The van der Waals surface area contributed by atoms with Gasteiger partial charge in [0.15, 0.2) is 0 Å². The summed E-state index contributed by atoms with van der Waals surface area (Å²) in [7, 11) is 0. The summed E-state index contributed by atoms with van der Waals surface area (Å²) in [5.41, 5.74) is 3.07. The van der Waals surface area contributed by atoms with Gasteiger partial charge in [0.25, 0.3) is 0 Å². The Morgan fingerprint density at radius 1 is 1.19 bits per heavy atom.